The Bertz CT molecular complexity index is 376. The van der Waals surface area contributed by atoms with E-state index >= 15 is 0 Å². The first-order valence-corrected chi connectivity index (χ1v) is 5.67. The van der Waals surface area contributed by atoms with Crippen molar-refractivity contribution in [1.29, 1.82) is 0 Å². The lowest BCUT2D eigenvalue weighted by molar-refractivity contribution is -0.00706. The van der Waals surface area contributed by atoms with E-state index in [0.29, 0.717) is 13.2 Å². The van der Waals surface area contributed by atoms with Crippen molar-refractivity contribution in [2.75, 3.05) is 18.3 Å². The molecule has 1 atom stereocenters. The maximum absolute atomic E-state index is 5.63. The summed E-state index contributed by atoms with van der Waals surface area (Å²) in [5.74, 6) is 0. The standard InChI is InChI=1S/C13H17NO2/c1-3-15-13-10-9-11-7-5-6-8-12(11)14(13)16-4-2/h5-10,13H,3-4H2,1-2H3. The van der Waals surface area contributed by atoms with E-state index in [0.717, 1.165) is 11.3 Å². The fourth-order valence-electron chi connectivity index (χ4n) is 1.81. The predicted molar refractivity (Wildman–Crippen MR) is 65.0 cm³/mol. The van der Waals surface area contributed by atoms with E-state index < -0.39 is 0 Å². The first kappa shape index (κ1) is 11.2. The molecule has 16 heavy (non-hydrogen) atoms. The van der Waals surface area contributed by atoms with E-state index in [-0.39, 0.29) is 6.23 Å². The van der Waals surface area contributed by atoms with Crippen LogP contribution in [0.25, 0.3) is 6.08 Å². The number of hydrogen-bond acceptors (Lipinski definition) is 3. The van der Waals surface area contributed by atoms with Crippen LogP contribution in [-0.2, 0) is 9.57 Å². The zero-order valence-electron chi connectivity index (χ0n) is 9.72. The van der Waals surface area contributed by atoms with E-state index in [2.05, 4.69) is 12.1 Å². The van der Waals surface area contributed by atoms with Gasteiger partial charge in [0.25, 0.3) is 0 Å². The number of ether oxygens (including phenoxy) is 1. The van der Waals surface area contributed by atoms with Gasteiger partial charge in [-0.15, -0.1) is 0 Å². The Balaban J connectivity index is 2.29. The van der Waals surface area contributed by atoms with E-state index in [4.69, 9.17) is 9.57 Å². The van der Waals surface area contributed by atoms with Crippen LogP contribution >= 0.6 is 0 Å². The molecule has 0 saturated carbocycles. The summed E-state index contributed by atoms with van der Waals surface area (Å²) in [6.45, 7) is 5.26. The van der Waals surface area contributed by atoms with Gasteiger partial charge in [0, 0.05) is 12.2 Å². The van der Waals surface area contributed by atoms with E-state index in [1.807, 2.05) is 43.2 Å². The molecule has 1 aliphatic rings. The summed E-state index contributed by atoms with van der Waals surface area (Å²) < 4.78 is 5.62. The lowest BCUT2D eigenvalue weighted by Gasteiger charge is -2.33. The highest BCUT2D eigenvalue weighted by atomic mass is 16.7. The van der Waals surface area contributed by atoms with Crippen LogP contribution in [0.15, 0.2) is 30.3 Å². The normalized spacial score (nSPS) is 18.6. The van der Waals surface area contributed by atoms with Gasteiger partial charge < -0.3 is 4.74 Å². The summed E-state index contributed by atoms with van der Waals surface area (Å²) >= 11 is 0. The van der Waals surface area contributed by atoms with Crippen molar-refractivity contribution in [3.63, 3.8) is 0 Å². The van der Waals surface area contributed by atoms with Gasteiger partial charge in [0.2, 0.25) is 0 Å². The Morgan fingerprint density at radius 3 is 2.75 bits per heavy atom. The molecule has 1 unspecified atom stereocenters. The van der Waals surface area contributed by atoms with Crippen molar-refractivity contribution in [3.05, 3.63) is 35.9 Å². The van der Waals surface area contributed by atoms with Crippen molar-refractivity contribution in [2.24, 2.45) is 0 Å². The molecular weight excluding hydrogens is 202 g/mol. The van der Waals surface area contributed by atoms with Gasteiger partial charge in [-0.3, -0.25) is 4.84 Å². The predicted octanol–water partition coefficient (Wildman–Crippen LogP) is 2.83. The van der Waals surface area contributed by atoms with Crippen LogP contribution in [0, 0.1) is 0 Å². The number of rotatable bonds is 4. The number of hydroxylamine groups is 1. The Morgan fingerprint density at radius 1 is 1.19 bits per heavy atom. The molecular formula is C13H17NO2. The van der Waals surface area contributed by atoms with Crippen molar-refractivity contribution in [3.8, 4) is 0 Å². The second kappa shape index (κ2) is 5.14. The minimum Gasteiger partial charge on any atom is -0.353 e. The van der Waals surface area contributed by atoms with Crippen LogP contribution < -0.4 is 5.06 Å². The third kappa shape index (κ3) is 2.10. The monoisotopic (exact) mass is 219 g/mol. The van der Waals surface area contributed by atoms with Crippen molar-refractivity contribution in [1.82, 2.24) is 0 Å². The van der Waals surface area contributed by atoms with Gasteiger partial charge in [0.05, 0.1) is 12.3 Å². The molecule has 2 rings (SSSR count). The summed E-state index contributed by atoms with van der Waals surface area (Å²) in [5, 5.41) is 1.83. The highest BCUT2D eigenvalue weighted by Gasteiger charge is 2.22. The number of benzene rings is 1. The second-order valence-corrected chi connectivity index (χ2v) is 3.51. The zero-order chi connectivity index (χ0) is 11.4. The molecule has 0 saturated heterocycles. The summed E-state index contributed by atoms with van der Waals surface area (Å²) in [6, 6.07) is 8.14. The number of anilines is 1. The SMILES string of the molecule is CCOC1C=Cc2ccccc2N1OCC. The molecule has 0 aliphatic carbocycles. The summed E-state index contributed by atoms with van der Waals surface area (Å²) in [7, 11) is 0. The first-order chi connectivity index (χ1) is 7.86. The number of hydrogen-bond donors (Lipinski definition) is 0. The van der Waals surface area contributed by atoms with Gasteiger partial charge in [-0.25, -0.2) is 5.06 Å². The molecule has 0 amide bonds. The van der Waals surface area contributed by atoms with Gasteiger partial charge >= 0.3 is 0 Å². The highest BCUT2D eigenvalue weighted by molar-refractivity contribution is 5.70. The smallest absolute Gasteiger partial charge is 0.173 e. The quantitative estimate of drug-likeness (QED) is 0.777. The topological polar surface area (TPSA) is 21.7 Å². The van der Waals surface area contributed by atoms with Gasteiger partial charge in [0.1, 0.15) is 0 Å². The Kier molecular flexibility index (Phi) is 3.59. The van der Waals surface area contributed by atoms with Crippen LogP contribution in [0.1, 0.15) is 19.4 Å². The maximum atomic E-state index is 5.63. The Morgan fingerprint density at radius 2 is 2.00 bits per heavy atom. The van der Waals surface area contributed by atoms with E-state index in [9.17, 15) is 0 Å². The Labute approximate surface area is 96.2 Å². The van der Waals surface area contributed by atoms with Crippen LogP contribution in [0.4, 0.5) is 5.69 Å². The largest absolute Gasteiger partial charge is 0.353 e. The lowest BCUT2D eigenvalue weighted by atomic mass is 10.1. The average molecular weight is 219 g/mol. The van der Waals surface area contributed by atoms with Gasteiger partial charge in [0.15, 0.2) is 6.23 Å². The van der Waals surface area contributed by atoms with Crippen LogP contribution in [-0.4, -0.2) is 19.4 Å². The molecule has 0 spiro atoms. The number of nitrogens with zero attached hydrogens (tertiary/aromatic N) is 1. The molecule has 1 heterocycles. The van der Waals surface area contributed by atoms with Crippen molar-refractivity contribution >= 4 is 11.8 Å². The van der Waals surface area contributed by atoms with E-state index in [1.54, 1.807) is 0 Å². The summed E-state index contributed by atoms with van der Waals surface area (Å²) in [6.07, 6.45) is 3.96. The van der Waals surface area contributed by atoms with Crippen LogP contribution in [0.5, 0.6) is 0 Å². The van der Waals surface area contributed by atoms with Gasteiger partial charge in [-0.1, -0.05) is 24.3 Å². The van der Waals surface area contributed by atoms with Crippen molar-refractivity contribution < 1.29 is 9.57 Å². The molecule has 1 aromatic rings. The first-order valence-electron chi connectivity index (χ1n) is 5.67. The molecule has 1 aromatic carbocycles. The molecule has 3 nitrogen and oxygen atoms in total. The minimum absolute atomic E-state index is 0.125. The zero-order valence-corrected chi connectivity index (χ0v) is 9.72. The number of para-hydroxylation sites is 1. The van der Waals surface area contributed by atoms with Crippen LogP contribution in [0.2, 0.25) is 0 Å². The summed E-state index contributed by atoms with van der Waals surface area (Å²) in [4.78, 5) is 5.63. The molecule has 0 radical (unpaired) electrons. The van der Waals surface area contributed by atoms with Crippen molar-refractivity contribution in [2.45, 2.75) is 20.1 Å². The molecule has 3 heteroatoms. The second-order valence-electron chi connectivity index (χ2n) is 3.51. The molecule has 1 aliphatic heterocycles. The van der Waals surface area contributed by atoms with Gasteiger partial charge in [-0.05, 0) is 26.0 Å². The van der Waals surface area contributed by atoms with E-state index in [1.165, 1.54) is 0 Å². The maximum Gasteiger partial charge on any atom is 0.173 e. The third-order valence-electron chi connectivity index (χ3n) is 2.45. The molecule has 0 fully saturated rings. The van der Waals surface area contributed by atoms with Gasteiger partial charge in [-0.2, -0.15) is 0 Å². The fraction of sp³-hybridized carbons (Fsp3) is 0.385. The molecule has 0 N–H and O–H groups in total. The summed E-state index contributed by atoms with van der Waals surface area (Å²) in [5.41, 5.74) is 2.22. The fourth-order valence-corrected chi connectivity index (χ4v) is 1.81. The Hall–Kier alpha value is -1.32. The van der Waals surface area contributed by atoms with Crippen LogP contribution in [0.3, 0.4) is 0 Å². The lowest BCUT2D eigenvalue weighted by Crippen LogP contribution is -2.38. The molecule has 0 aromatic heterocycles. The molecule has 0 bridgehead atoms. The highest BCUT2D eigenvalue weighted by Crippen LogP contribution is 2.29. The molecule has 86 valence electrons. The number of fused-ring (bicyclic) bond motifs is 1. The average Bonchev–Trinajstić information content (AvgIpc) is 2.32. The third-order valence-corrected chi connectivity index (χ3v) is 2.45. The minimum atomic E-state index is -0.125.